The summed E-state index contributed by atoms with van der Waals surface area (Å²) in [7, 11) is 0. The van der Waals surface area contributed by atoms with Crippen LogP contribution >= 0.6 is 11.6 Å². The molecular weight excluding hydrogens is 404 g/mol. The monoisotopic (exact) mass is 418 g/mol. The van der Waals surface area contributed by atoms with E-state index in [4.69, 9.17) is 16.6 Å². The van der Waals surface area contributed by atoms with Gasteiger partial charge in [-0.25, -0.2) is 19.3 Å². The Morgan fingerprint density at radius 3 is 2.53 bits per heavy atom. The van der Waals surface area contributed by atoms with Crippen molar-refractivity contribution in [1.82, 2.24) is 24.8 Å². The maximum Gasteiger partial charge on any atom is 0.321 e. The highest BCUT2D eigenvalue weighted by Gasteiger charge is 2.21. The van der Waals surface area contributed by atoms with E-state index in [1.807, 2.05) is 24.3 Å². The van der Waals surface area contributed by atoms with Crippen LogP contribution in [0.1, 0.15) is 0 Å². The molecular formula is C21H15ClN6O2. The lowest BCUT2D eigenvalue weighted by atomic mass is 10.1. The van der Waals surface area contributed by atoms with E-state index in [-0.39, 0.29) is 11.6 Å². The van der Waals surface area contributed by atoms with Crippen molar-refractivity contribution in [3.63, 3.8) is 0 Å². The van der Waals surface area contributed by atoms with Crippen LogP contribution in [0.3, 0.4) is 0 Å². The molecule has 0 bridgehead atoms. The number of rotatable bonds is 3. The molecule has 1 saturated heterocycles. The van der Waals surface area contributed by atoms with Gasteiger partial charge >= 0.3 is 6.03 Å². The van der Waals surface area contributed by atoms with Gasteiger partial charge in [0.05, 0.1) is 15.9 Å². The Hall–Kier alpha value is -3.78. The number of hydrogen-bond donors (Lipinski definition) is 1. The predicted octanol–water partition coefficient (Wildman–Crippen LogP) is 3.03. The number of halogens is 1. The third kappa shape index (κ3) is 3.07. The van der Waals surface area contributed by atoms with Crippen molar-refractivity contribution in [1.29, 1.82) is 0 Å². The van der Waals surface area contributed by atoms with E-state index in [2.05, 4.69) is 15.3 Å². The van der Waals surface area contributed by atoms with Gasteiger partial charge in [0.15, 0.2) is 0 Å². The minimum Gasteiger partial charge on any atom is -0.336 e. The SMILES string of the molecule is O=C1NCCN1c1ccc(-c2nc3ccncc3c(=O)n2-c2ccc(Cl)cn2)cc1. The number of anilines is 1. The van der Waals surface area contributed by atoms with E-state index in [1.54, 1.807) is 29.3 Å². The lowest BCUT2D eigenvalue weighted by Crippen LogP contribution is -2.27. The third-order valence-corrected chi connectivity index (χ3v) is 5.13. The first-order chi connectivity index (χ1) is 14.6. The number of carbonyl (C=O) groups excluding carboxylic acids is 1. The van der Waals surface area contributed by atoms with Crippen LogP contribution in [-0.2, 0) is 0 Å². The summed E-state index contributed by atoms with van der Waals surface area (Å²) in [6.07, 6.45) is 4.57. The van der Waals surface area contributed by atoms with E-state index in [9.17, 15) is 9.59 Å². The summed E-state index contributed by atoms with van der Waals surface area (Å²) in [5, 5.41) is 3.64. The number of aromatic nitrogens is 4. The van der Waals surface area contributed by atoms with Crippen LogP contribution in [-0.4, -0.2) is 38.6 Å². The van der Waals surface area contributed by atoms with Gasteiger partial charge in [-0.05, 0) is 42.5 Å². The predicted molar refractivity (Wildman–Crippen MR) is 114 cm³/mol. The zero-order valence-electron chi connectivity index (χ0n) is 15.6. The number of amides is 2. The second kappa shape index (κ2) is 7.23. The van der Waals surface area contributed by atoms with Crippen LogP contribution < -0.4 is 15.8 Å². The smallest absolute Gasteiger partial charge is 0.321 e. The summed E-state index contributed by atoms with van der Waals surface area (Å²) in [4.78, 5) is 39.9. The molecule has 148 valence electrons. The van der Waals surface area contributed by atoms with E-state index < -0.39 is 0 Å². The molecule has 1 aliphatic rings. The van der Waals surface area contributed by atoms with Crippen LogP contribution in [0.15, 0.2) is 65.8 Å². The first-order valence-corrected chi connectivity index (χ1v) is 9.64. The molecule has 5 rings (SSSR count). The molecule has 3 aromatic heterocycles. The average molecular weight is 419 g/mol. The number of nitrogens with zero attached hydrogens (tertiary/aromatic N) is 5. The van der Waals surface area contributed by atoms with Crippen LogP contribution in [0.5, 0.6) is 0 Å². The Morgan fingerprint density at radius 2 is 1.83 bits per heavy atom. The number of urea groups is 1. The summed E-state index contributed by atoms with van der Waals surface area (Å²) in [5.41, 5.74) is 1.75. The highest BCUT2D eigenvalue weighted by Crippen LogP contribution is 2.25. The van der Waals surface area contributed by atoms with Crippen molar-refractivity contribution in [3.8, 4) is 17.2 Å². The second-order valence-electron chi connectivity index (χ2n) is 6.73. The minimum absolute atomic E-state index is 0.124. The molecule has 0 radical (unpaired) electrons. The Balaban J connectivity index is 1.69. The number of pyridine rings is 2. The summed E-state index contributed by atoms with van der Waals surface area (Å²) in [6, 6.07) is 12.3. The van der Waals surface area contributed by atoms with Crippen LogP contribution in [0.2, 0.25) is 5.02 Å². The molecule has 2 amide bonds. The Labute approximate surface area is 175 Å². The molecule has 1 fully saturated rings. The van der Waals surface area contributed by atoms with E-state index in [1.165, 1.54) is 17.0 Å². The lowest BCUT2D eigenvalue weighted by molar-refractivity contribution is 0.252. The van der Waals surface area contributed by atoms with Gasteiger partial charge < -0.3 is 5.32 Å². The van der Waals surface area contributed by atoms with Crippen LogP contribution in [0.25, 0.3) is 28.1 Å². The summed E-state index contributed by atoms with van der Waals surface area (Å²) >= 11 is 5.97. The average Bonchev–Trinajstić information content (AvgIpc) is 3.20. The first-order valence-electron chi connectivity index (χ1n) is 9.26. The molecule has 30 heavy (non-hydrogen) atoms. The molecule has 9 heteroatoms. The van der Waals surface area contributed by atoms with Crippen molar-refractivity contribution >= 4 is 34.2 Å². The van der Waals surface area contributed by atoms with Crippen molar-refractivity contribution in [2.45, 2.75) is 0 Å². The number of nitrogens with one attached hydrogen (secondary N) is 1. The zero-order valence-corrected chi connectivity index (χ0v) is 16.4. The molecule has 0 aliphatic carbocycles. The van der Waals surface area contributed by atoms with Gasteiger partial charge in [0.2, 0.25) is 0 Å². The second-order valence-corrected chi connectivity index (χ2v) is 7.17. The summed E-state index contributed by atoms with van der Waals surface area (Å²) < 4.78 is 1.44. The van der Waals surface area contributed by atoms with Crippen molar-refractivity contribution < 1.29 is 4.79 Å². The largest absolute Gasteiger partial charge is 0.336 e. The van der Waals surface area contributed by atoms with Gasteiger partial charge in [0.1, 0.15) is 11.6 Å². The lowest BCUT2D eigenvalue weighted by Gasteiger charge is -2.16. The molecule has 4 heterocycles. The number of fused-ring (bicyclic) bond motifs is 1. The van der Waals surface area contributed by atoms with E-state index in [0.29, 0.717) is 46.2 Å². The molecule has 8 nitrogen and oxygen atoms in total. The Kier molecular flexibility index (Phi) is 4.40. The van der Waals surface area contributed by atoms with Crippen molar-refractivity contribution in [2.75, 3.05) is 18.0 Å². The zero-order chi connectivity index (χ0) is 20.7. The molecule has 0 atom stereocenters. The fourth-order valence-corrected chi connectivity index (χ4v) is 3.56. The maximum absolute atomic E-state index is 13.3. The molecule has 0 saturated carbocycles. The van der Waals surface area contributed by atoms with Gasteiger partial charge in [-0.1, -0.05) is 11.6 Å². The fourth-order valence-electron chi connectivity index (χ4n) is 3.45. The number of benzene rings is 1. The van der Waals surface area contributed by atoms with Gasteiger partial charge in [-0.2, -0.15) is 0 Å². The standard InChI is InChI=1S/C21H15ClN6O2/c22-14-3-6-18(25-11-14)28-19(26-17-7-8-23-12-16(17)20(28)29)13-1-4-15(5-2-13)27-10-9-24-21(27)30/h1-8,11-12H,9-10H2,(H,24,30). The molecule has 1 aromatic carbocycles. The Morgan fingerprint density at radius 1 is 1.00 bits per heavy atom. The molecule has 0 spiro atoms. The summed E-state index contributed by atoms with van der Waals surface area (Å²) in [6.45, 7) is 1.22. The van der Waals surface area contributed by atoms with E-state index >= 15 is 0 Å². The number of hydrogen-bond acceptors (Lipinski definition) is 5. The molecule has 1 aliphatic heterocycles. The van der Waals surface area contributed by atoms with Gasteiger partial charge in [-0.3, -0.25) is 14.7 Å². The van der Waals surface area contributed by atoms with Crippen molar-refractivity contribution in [3.05, 3.63) is 76.4 Å². The van der Waals surface area contributed by atoms with E-state index in [0.717, 1.165) is 5.69 Å². The third-order valence-electron chi connectivity index (χ3n) is 4.90. The van der Waals surface area contributed by atoms with Crippen LogP contribution in [0.4, 0.5) is 10.5 Å². The highest BCUT2D eigenvalue weighted by molar-refractivity contribution is 6.30. The van der Waals surface area contributed by atoms with Crippen LogP contribution in [0, 0.1) is 0 Å². The molecule has 1 N–H and O–H groups in total. The highest BCUT2D eigenvalue weighted by atomic mass is 35.5. The van der Waals surface area contributed by atoms with Gasteiger partial charge in [0.25, 0.3) is 5.56 Å². The fraction of sp³-hybridized carbons (Fsp3) is 0.0952. The molecule has 0 unspecified atom stereocenters. The quantitative estimate of drug-likeness (QED) is 0.552. The normalized spacial score (nSPS) is 13.6. The van der Waals surface area contributed by atoms with Gasteiger partial charge in [-0.15, -0.1) is 0 Å². The van der Waals surface area contributed by atoms with Crippen molar-refractivity contribution in [2.24, 2.45) is 0 Å². The topological polar surface area (TPSA) is 93.0 Å². The number of carbonyl (C=O) groups is 1. The minimum atomic E-state index is -0.277. The van der Waals surface area contributed by atoms with Gasteiger partial charge in [0, 0.05) is 42.9 Å². The maximum atomic E-state index is 13.3. The first kappa shape index (κ1) is 18.3. The summed E-state index contributed by atoms with van der Waals surface area (Å²) in [5.74, 6) is 0.839. The molecule has 4 aromatic rings. The Bertz CT molecular complexity index is 1320.